The Bertz CT molecular complexity index is 880. The molecule has 0 spiro atoms. The molecule has 0 saturated carbocycles. The van der Waals surface area contributed by atoms with Crippen LogP contribution < -0.4 is 10.1 Å². The summed E-state index contributed by atoms with van der Waals surface area (Å²) in [6.07, 6.45) is 3.43. The van der Waals surface area contributed by atoms with Crippen LogP contribution in [0.4, 0.5) is 0 Å². The third-order valence-electron chi connectivity index (χ3n) is 4.40. The second kappa shape index (κ2) is 7.35. The molecule has 1 aromatic heterocycles. The summed E-state index contributed by atoms with van der Waals surface area (Å²) in [5.41, 5.74) is 3.24. The van der Waals surface area contributed by atoms with Gasteiger partial charge >= 0.3 is 0 Å². The monoisotopic (exact) mass is 349 g/mol. The van der Waals surface area contributed by atoms with E-state index < -0.39 is 0 Å². The lowest BCUT2D eigenvalue weighted by molar-refractivity contribution is -0.122. The average molecular weight is 349 g/mol. The molecule has 3 aromatic rings. The number of benzene rings is 2. The fourth-order valence-corrected chi connectivity index (χ4v) is 3.17. The first-order chi connectivity index (χ1) is 12.8. The Morgan fingerprint density at radius 2 is 2.08 bits per heavy atom. The van der Waals surface area contributed by atoms with Gasteiger partial charge in [0.2, 0.25) is 5.91 Å². The van der Waals surface area contributed by atoms with Crippen molar-refractivity contribution in [3.05, 3.63) is 71.5 Å². The molecule has 1 amide bonds. The van der Waals surface area contributed by atoms with Crippen molar-refractivity contribution in [1.29, 1.82) is 0 Å². The number of fused-ring (bicyclic) bond motifs is 1. The molecule has 1 aliphatic heterocycles. The first-order valence-corrected chi connectivity index (χ1v) is 8.60. The number of aryl methyl sites for hydroxylation is 1. The number of carbonyl (C=O) groups excluding carboxylic acids is 1. The van der Waals surface area contributed by atoms with Crippen molar-refractivity contribution in [3.8, 4) is 5.75 Å². The molecule has 7 nitrogen and oxygen atoms in total. The third-order valence-corrected chi connectivity index (χ3v) is 4.40. The van der Waals surface area contributed by atoms with Gasteiger partial charge in [-0.25, -0.2) is 4.68 Å². The Balaban J connectivity index is 1.62. The number of tetrazole rings is 1. The Kier molecular flexibility index (Phi) is 4.59. The maximum absolute atomic E-state index is 12.5. The van der Waals surface area contributed by atoms with Gasteiger partial charge in [-0.2, -0.15) is 0 Å². The van der Waals surface area contributed by atoms with Crippen LogP contribution in [0.2, 0.25) is 0 Å². The van der Waals surface area contributed by atoms with Crippen LogP contribution in [0.5, 0.6) is 5.75 Å². The average Bonchev–Trinajstić information content (AvgIpc) is 3.19. The molecule has 2 aromatic carbocycles. The Labute approximate surface area is 151 Å². The minimum Gasteiger partial charge on any atom is -0.493 e. The zero-order valence-corrected chi connectivity index (χ0v) is 14.2. The van der Waals surface area contributed by atoms with Crippen molar-refractivity contribution in [3.63, 3.8) is 0 Å². The normalized spacial score (nSPS) is 14.2. The quantitative estimate of drug-likeness (QED) is 0.761. The van der Waals surface area contributed by atoms with Crippen LogP contribution in [-0.2, 0) is 17.8 Å². The van der Waals surface area contributed by atoms with Crippen LogP contribution in [0.15, 0.2) is 54.9 Å². The minimum atomic E-state index is -0.243. The molecule has 0 unspecified atom stereocenters. The highest BCUT2D eigenvalue weighted by Gasteiger charge is 2.20. The topological polar surface area (TPSA) is 81.9 Å². The number of amides is 1. The van der Waals surface area contributed by atoms with Crippen LogP contribution in [0, 0.1) is 0 Å². The molecule has 7 heteroatoms. The summed E-state index contributed by atoms with van der Waals surface area (Å²) in [6.45, 7) is 0.835. The number of hydrogen-bond acceptors (Lipinski definition) is 5. The first-order valence-electron chi connectivity index (χ1n) is 8.60. The molecule has 1 aliphatic rings. The number of hydrogen-bond donors (Lipinski definition) is 1. The molecule has 0 saturated heterocycles. The maximum Gasteiger partial charge on any atom is 0.242 e. The molecule has 0 aliphatic carbocycles. The summed E-state index contributed by atoms with van der Waals surface area (Å²) >= 11 is 0. The van der Waals surface area contributed by atoms with Crippen molar-refractivity contribution in [2.75, 3.05) is 6.61 Å². The Morgan fingerprint density at radius 3 is 2.88 bits per heavy atom. The van der Waals surface area contributed by atoms with Gasteiger partial charge in [0.05, 0.1) is 12.6 Å². The molecule has 26 heavy (non-hydrogen) atoms. The van der Waals surface area contributed by atoms with E-state index in [1.807, 2.05) is 42.5 Å². The highest BCUT2D eigenvalue weighted by atomic mass is 16.5. The lowest BCUT2D eigenvalue weighted by Gasteiger charge is -2.23. The fraction of sp³-hybridized carbons (Fsp3) is 0.263. The van der Waals surface area contributed by atoms with Gasteiger partial charge in [-0.1, -0.05) is 36.4 Å². The van der Waals surface area contributed by atoms with Gasteiger partial charge in [-0.05, 0) is 52.1 Å². The predicted octanol–water partition coefficient (Wildman–Crippen LogP) is 1.90. The van der Waals surface area contributed by atoms with Crippen molar-refractivity contribution >= 4 is 5.91 Å². The maximum atomic E-state index is 12.5. The van der Waals surface area contributed by atoms with Crippen LogP contribution in [0.1, 0.15) is 29.2 Å². The van der Waals surface area contributed by atoms with Crippen molar-refractivity contribution in [2.24, 2.45) is 0 Å². The predicted molar refractivity (Wildman–Crippen MR) is 94.5 cm³/mol. The SMILES string of the molecule is O=C(Cn1cnnn1)N[C@H](c1ccccc1)c1ccc2c(c1)CCCO2. The summed E-state index contributed by atoms with van der Waals surface area (Å²) < 4.78 is 7.10. The van der Waals surface area contributed by atoms with Gasteiger partial charge < -0.3 is 10.1 Å². The molecule has 1 atom stereocenters. The van der Waals surface area contributed by atoms with E-state index in [2.05, 4.69) is 26.9 Å². The zero-order chi connectivity index (χ0) is 17.8. The summed E-state index contributed by atoms with van der Waals surface area (Å²) in [7, 11) is 0. The number of carbonyl (C=O) groups is 1. The van der Waals surface area contributed by atoms with Gasteiger partial charge in [-0.3, -0.25) is 4.79 Å². The summed E-state index contributed by atoms with van der Waals surface area (Å²) in [5, 5.41) is 14.0. The summed E-state index contributed by atoms with van der Waals surface area (Å²) in [4.78, 5) is 12.5. The Hall–Kier alpha value is -3.22. The molecule has 0 fully saturated rings. The lowest BCUT2D eigenvalue weighted by atomic mass is 9.95. The zero-order valence-electron chi connectivity index (χ0n) is 14.2. The van der Waals surface area contributed by atoms with Crippen LogP contribution in [0.25, 0.3) is 0 Å². The second-order valence-electron chi connectivity index (χ2n) is 6.24. The van der Waals surface area contributed by atoms with Gasteiger partial charge in [-0.15, -0.1) is 5.10 Å². The minimum absolute atomic E-state index is 0.0738. The summed E-state index contributed by atoms with van der Waals surface area (Å²) in [5.74, 6) is 0.784. The second-order valence-corrected chi connectivity index (χ2v) is 6.24. The van der Waals surface area contributed by atoms with Crippen molar-refractivity contribution < 1.29 is 9.53 Å². The number of ether oxygens (including phenoxy) is 1. The fourth-order valence-electron chi connectivity index (χ4n) is 3.17. The number of nitrogens with one attached hydrogen (secondary N) is 1. The molecular weight excluding hydrogens is 330 g/mol. The highest BCUT2D eigenvalue weighted by molar-refractivity contribution is 5.76. The van der Waals surface area contributed by atoms with Crippen molar-refractivity contribution in [2.45, 2.75) is 25.4 Å². The first kappa shape index (κ1) is 16.3. The van der Waals surface area contributed by atoms with E-state index in [0.717, 1.165) is 36.3 Å². The van der Waals surface area contributed by atoms with Gasteiger partial charge in [0, 0.05) is 0 Å². The molecule has 2 heterocycles. The van der Waals surface area contributed by atoms with Gasteiger partial charge in [0.1, 0.15) is 18.6 Å². The Morgan fingerprint density at radius 1 is 1.19 bits per heavy atom. The van der Waals surface area contributed by atoms with Crippen LogP contribution in [-0.4, -0.2) is 32.7 Å². The number of rotatable bonds is 5. The van der Waals surface area contributed by atoms with Crippen molar-refractivity contribution in [1.82, 2.24) is 25.5 Å². The van der Waals surface area contributed by atoms with E-state index in [1.165, 1.54) is 16.6 Å². The van der Waals surface area contributed by atoms with E-state index in [1.54, 1.807) is 0 Å². The lowest BCUT2D eigenvalue weighted by Crippen LogP contribution is -2.32. The van der Waals surface area contributed by atoms with E-state index in [4.69, 9.17) is 4.74 Å². The molecule has 4 rings (SSSR count). The van der Waals surface area contributed by atoms with E-state index in [9.17, 15) is 4.79 Å². The van der Waals surface area contributed by atoms with E-state index >= 15 is 0 Å². The number of nitrogens with zero attached hydrogens (tertiary/aromatic N) is 4. The van der Waals surface area contributed by atoms with E-state index in [-0.39, 0.29) is 18.5 Å². The number of aromatic nitrogens is 4. The van der Waals surface area contributed by atoms with Gasteiger partial charge in [0.25, 0.3) is 0 Å². The molecule has 1 N–H and O–H groups in total. The van der Waals surface area contributed by atoms with Gasteiger partial charge in [0.15, 0.2) is 0 Å². The molecule has 0 bridgehead atoms. The third kappa shape index (κ3) is 3.56. The molecule has 0 radical (unpaired) electrons. The molecular formula is C19H19N5O2. The largest absolute Gasteiger partial charge is 0.493 e. The highest BCUT2D eigenvalue weighted by Crippen LogP contribution is 2.30. The van der Waals surface area contributed by atoms with Crippen LogP contribution in [0.3, 0.4) is 0 Å². The summed E-state index contributed by atoms with van der Waals surface area (Å²) in [6, 6.07) is 15.8. The standard InChI is InChI=1S/C19H19N5O2/c25-18(12-24-13-20-22-23-24)21-19(14-5-2-1-3-6-14)16-8-9-17-15(11-16)7-4-10-26-17/h1-3,5-6,8-9,11,13,19H,4,7,10,12H2,(H,21,25)/t19-/m1/s1. The van der Waals surface area contributed by atoms with Crippen LogP contribution >= 0.6 is 0 Å². The van der Waals surface area contributed by atoms with E-state index in [0.29, 0.717) is 0 Å². The smallest absolute Gasteiger partial charge is 0.242 e. The molecule has 132 valence electrons.